The largest absolute Gasteiger partial charge is 0.491 e. The molecule has 0 aliphatic rings. The third-order valence-electron chi connectivity index (χ3n) is 2.64. The number of nitrogens with one attached hydrogen (secondary N) is 1. The molecule has 0 amide bonds. The van der Waals surface area contributed by atoms with Crippen LogP contribution < -0.4 is 10.1 Å². The molecule has 1 N–H and O–H groups in total. The van der Waals surface area contributed by atoms with Crippen molar-refractivity contribution in [1.29, 1.82) is 0 Å². The Bertz CT molecular complexity index is 285. The van der Waals surface area contributed by atoms with Crippen LogP contribution in [0.3, 0.4) is 0 Å². The highest BCUT2D eigenvalue weighted by Gasteiger charge is 1.93. The van der Waals surface area contributed by atoms with Crippen molar-refractivity contribution in [3.8, 4) is 5.75 Å². The van der Waals surface area contributed by atoms with Crippen molar-refractivity contribution in [2.75, 3.05) is 19.7 Å². The fourth-order valence-corrected chi connectivity index (χ4v) is 1.58. The number of aryl methyl sites for hydroxylation is 1. The summed E-state index contributed by atoms with van der Waals surface area (Å²) in [6.45, 7) is 6.91. The first-order valence-electron chi connectivity index (χ1n) is 6.59. The molecule has 0 aliphatic heterocycles. The second-order valence-electron chi connectivity index (χ2n) is 4.29. The molecule has 1 aromatic heterocycles. The molecular weight excluding hydrogens is 212 g/mol. The minimum Gasteiger partial charge on any atom is -0.491 e. The normalized spacial score (nSPS) is 10.5. The maximum atomic E-state index is 5.56. The van der Waals surface area contributed by atoms with Crippen LogP contribution >= 0.6 is 0 Å². The third-order valence-corrected chi connectivity index (χ3v) is 2.64. The summed E-state index contributed by atoms with van der Waals surface area (Å²) in [5.74, 6) is 0.850. The van der Waals surface area contributed by atoms with Gasteiger partial charge in [0.1, 0.15) is 12.4 Å². The van der Waals surface area contributed by atoms with Gasteiger partial charge in [-0.15, -0.1) is 0 Å². The highest BCUT2D eigenvalue weighted by molar-refractivity contribution is 5.18. The van der Waals surface area contributed by atoms with Crippen molar-refractivity contribution in [1.82, 2.24) is 10.3 Å². The van der Waals surface area contributed by atoms with Crippen LogP contribution in [-0.4, -0.2) is 24.7 Å². The summed E-state index contributed by atoms with van der Waals surface area (Å²) in [7, 11) is 0. The van der Waals surface area contributed by atoms with Gasteiger partial charge in [-0.05, 0) is 32.0 Å². The molecule has 0 unspecified atom stereocenters. The molecular formula is C14H24N2O. The number of hydrogen-bond acceptors (Lipinski definition) is 3. The van der Waals surface area contributed by atoms with E-state index >= 15 is 0 Å². The van der Waals surface area contributed by atoms with Crippen LogP contribution in [0.4, 0.5) is 0 Å². The molecule has 1 aromatic rings. The second kappa shape index (κ2) is 8.99. The van der Waals surface area contributed by atoms with E-state index in [4.69, 9.17) is 4.74 Å². The van der Waals surface area contributed by atoms with Crippen LogP contribution in [0.25, 0.3) is 0 Å². The van der Waals surface area contributed by atoms with E-state index in [1.54, 1.807) is 6.20 Å². The zero-order valence-corrected chi connectivity index (χ0v) is 11.0. The number of ether oxygens (including phenoxy) is 1. The monoisotopic (exact) mass is 236 g/mol. The third kappa shape index (κ3) is 6.95. The van der Waals surface area contributed by atoms with Crippen molar-refractivity contribution in [2.45, 2.75) is 39.5 Å². The van der Waals surface area contributed by atoms with E-state index in [0.717, 1.165) is 24.5 Å². The van der Waals surface area contributed by atoms with E-state index in [-0.39, 0.29) is 0 Å². The molecule has 1 rings (SSSR count). The van der Waals surface area contributed by atoms with Crippen LogP contribution in [0.5, 0.6) is 5.75 Å². The Morgan fingerprint density at radius 1 is 1.18 bits per heavy atom. The second-order valence-corrected chi connectivity index (χ2v) is 4.29. The fraction of sp³-hybridized carbons (Fsp3) is 0.643. The molecule has 0 spiro atoms. The van der Waals surface area contributed by atoms with Gasteiger partial charge < -0.3 is 10.1 Å². The van der Waals surface area contributed by atoms with Crippen molar-refractivity contribution in [3.63, 3.8) is 0 Å². The lowest BCUT2D eigenvalue weighted by Crippen LogP contribution is -2.22. The molecule has 3 heteroatoms. The zero-order valence-electron chi connectivity index (χ0n) is 11.0. The molecule has 0 saturated heterocycles. The highest BCUT2D eigenvalue weighted by Crippen LogP contribution is 2.07. The van der Waals surface area contributed by atoms with E-state index in [1.165, 1.54) is 25.7 Å². The highest BCUT2D eigenvalue weighted by atomic mass is 16.5. The number of rotatable bonds is 9. The lowest BCUT2D eigenvalue weighted by molar-refractivity contribution is 0.312. The first-order valence-corrected chi connectivity index (χ1v) is 6.59. The van der Waals surface area contributed by atoms with Crippen molar-refractivity contribution in [3.05, 3.63) is 24.0 Å². The number of nitrogens with zero attached hydrogens (tertiary/aromatic N) is 1. The molecule has 0 aliphatic carbocycles. The fourth-order valence-electron chi connectivity index (χ4n) is 1.58. The SMILES string of the molecule is CCCCCCNCCOc1ccc(C)nc1. The van der Waals surface area contributed by atoms with Crippen molar-refractivity contribution < 1.29 is 4.74 Å². The molecule has 0 saturated carbocycles. The Hall–Kier alpha value is -1.09. The lowest BCUT2D eigenvalue weighted by atomic mass is 10.2. The van der Waals surface area contributed by atoms with Crippen LogP contribution in [0.2, 0.25) is 0 Å². The van der Waals surface area contributed by atoms with E-state index in [9.17, 15) is 0 Å². The van der Waals surface area contributed by atoms with Gasteiger partial charge in [-0.1, -0.05) is 26.2 Å². The molecule has 0 radical (unpaired) electrons. The smallest absolute Gasteiger partial charge is 0.137 e. The van der Waals surface area contributed by atoms with Crippen LogP contribution in [0.15, 0.2) is 18.3 Å². The van der Waals surface area contributed by atoms with Gasteiger partial charge >= 0.3 is 0 Å². The van der Waals surface area contributed by atoms with E-state index in [1.807, 2.05) is 19.1 Å². The predicted octanol–water partition coefficient (Wildman–Crippen LogP) is 2.94. The van der Waals surface area contributed by atoms with E-state index in [0.29, 0.717) is 6.61 Å². The Morgan fingerprint density at radius 2 is 2.06 bits per heavy atom. The summed E-state index contributed by atoms with van der Waals surface area (Å²) in [4.78, 5) is 4.18. The van der Waals surface area contributed by atoms with Gasteiger partial charge in [0.15, 0.2) is 0 Å². The van der Waals surface area contributed by atoms with Gasteiger partial charge in [0.2, 0.25) is 0 Å². The van der Waals surface area contributed by atoms with Crippen LogP contribution in [0.1, 0.15) is 38.3 Å². The van der Waals surface area contributed by atoms with E-state index < -0.39 is 0 Å². The van der Waals surface area contributed by atoms with Crippen LogP contribution in [-0.2, 0) is 0 Å². The van der Waals surface area contributed by atoms with Gasteiger partial charge in [0.05, 0.1) is 6.20 Å². The summed E-state index contributed by atoms with van der Waals surface area (Å²) in [5.41, 5.74) is 1.02. The first kappa shape index (κ1) is 14.0. The standard InChI is InChI=1S/C14H24N2O/c1-3-4-5-6-9-15-10-11-17-14-8-7-13(2)16-12-14/h7-8,12,15H,3-6,9-11H2,1-2H3. The molecule has 0 bridgehead atoms. The summed E-state index contributed by atoms with van der Waals surface area (Å²) in [6, 6.07) is 3.93. The predicted molar refractivity (Wildman–Crippen MR) is 71.5 cm³/mol. The number of unbranched alkanes of at least 4 members (excludes halogenated alkanes) is 3. The van der Waals surface area contributed by atoms with Crippen LogP contribution in [0, 0.1) is 6.92 Å². The molecule has 17 heavy (non-hydrogen) atoms. The Morgan fingerprint density at radius 3 is 2.76 bits per heavy atom. The number of pyridine rings is 1. The molecule has 0 aromatic carbocycles. The maximum absolute atomic E-state index is 5.56. The summed E-state index contributed by atoms with van der Waals surface area (Å²) in [6.07, 6.45) is 7.00. The topological polar surface area (TPSA) is 34.1 Å². The summed E-state index contributed by atoms with van der Waals surface area (Å²) >= 11 is 0. The number of hydrogen-bond donors (Lipinski definition) is 1. The Balaban J connectivity index is 1.95. The molecule has 0 atom stereocenters. The number of aromatic nitrogens is 1. The van der Waals surface area contributed by atoms with Crippen molar-refractivity contribution >= 4 is 0 Å². The summed E-state index contributed by atoms with van der Waals surface area (Å²) in [5, 5.41) is 3.38. The minimum absolute atomic E-state index is 0.707. The van der Waals surface area contributed by atoms with Gasteiger partial charge in [0.25, 0.3) is 0 Å². The first-order chi connectivity index (χ1) is 8.33. The van der Waals surface area contributed by atoms with Gasteiger partial charge in [-0.2, -0.15) is 0 Å². The molecule has 1 heterocycles. The quantitative estimate of drug-likeness (QED) is 0.669. The van der Waals surface area contributed by atoms with E-state index in [2.05, 4.69) is 17.2 Å². The molecule has 3 nitrogen and oxygen atoms in total. The zero-order chi connectivity index (χ0) is 12.3. The molecule has 0 fully saturated rings. The average molecular weight is 236 g/mol. The average Bonchev–Trinajstić information content (AvgIpc) is 2.35. The Kier molecular flexibility index (Phi) is 7.39. The lowest BCUT2D eigenvalue weighted by Gasteiger charge is -2.07. The van der Waals surface area contributed by atoms with Crippen molar-refractivity contribution in [2.24, 2.45) is 0 Å². The van der Waals surface area contributed by atoms with Gasteiger partial charge in [-0.3, -0.25) is 4.98 Å². The van der Waals surface area contributed by atoms with Gasteiger partial charge in [-0.25, -0.2) is 0 Å². The summed E-state index contributed by atoms with van der Waals surface area (Å²) < 4.78 is 5.56. The maximum Gasteiger partial charge on any atom is 0.137 e. The van der Waals surface area contributed by atoms with Gasteiger partial charge in [0, 0.05) is 12.2 Å². The Labute approximate surface area is 105 Å². The molecule has 96 valence electrons. The minimum atomic E-state index is 0.707.